The summed E-state index contributed by atoms with van der Waals surface area (Å²) in [5.74, 6) is -0.0647. The average Bonchev–Trinajstić information content (AvgIpc) is 2.50. The summed E-state index contributed by atoms with van der Waals surface area (Å²) in [7, 11) is 0. The molecule has 1 N–H and O–H groups in total. The maximum atomic E-state index is 12.9. The molecule has 0 bridgehead atoms. The second-order valence-electron chi connectivity index (χ2n) is 5.28. The van der Waals surface area contributed by atoms with Gasteiger partial charge in [0, 0.05) is 5.69 Å². The van der Waals surface area contributed by atoms with Gasteiger partial charge in [0.25, 0.3) is 5.91 Å². The molecular formula is C18H20FNO2. The number of carbonyl (C=O) groups is 1. The van der Waals surface area contributed by atoms with Crippen molar-refractivity contribution in [3.63, 3.8) is 0 Å². The summed E-state index contributed by atoms with van der Waals surface area (Å²) in [6.45, 7) is 5.79. The van der Waals surface area contributed by atoms with Crippen molar-refractivity contribution in [1.82, 2.24) is 0 Å². The van der Waals surface area contributed by atoms with Crippen LogP contribution in [0.5, 0.6) is 5.75 Å². The summed E-state index contributed by atoms with van der Waals surface area (Å²) in [5.41, 5.74) is 2.86. The van der Waals surface area contributed by atoms with E-state index < -0.39 is 6.10 Å². The fourth-order valence-corrected chi connectivity index (χ4v) is 2.08. The zero-order chi connectivity index (χ0) is 16.1. The maximum absolute atomic E-state index is 12.9. The smallest absolute Gasteiger partial charge is 0.265 e. The maximum Gasteiger partial charge on any atom is 0.265 e. The van der Waals surface area contributed by atoms with Crippen LogP contribution in [-0.2, 0) is 4.79 Å². The summed E-state index contributed by atoms with van der Waals surface area (Å²) >= 11 is 0. The van der Waals surface area contributed by atoms with E-state index in [9.17, 15) is 9.18 Å². The van der Waals surface area contributed by atoms with Crippen molar-refractivity contribution in [2.24, 2.45) is 0 Å². The van der Waals surface area contributed by atoms with Crippen LogP contribution in [0.25, 0.3) is 0 Å². The normalized spacial score (nSPS) is 11.8. The molecule has 0 aliphatic carbocycles. The molecule has 0 aliphatic rings. The highest BCUT2D eigenvalue weighted by molar-refractivity contribution is 5.95. The number of ether oxygens (including phenoxy) is 1. The fraction of sp³-hybridized carbons (Fsp3) is 0.278. The summed E-state index contributed by atoms with van der Waals surface area (Å²) in [6.07, 6.45) is -0.0981. The topological polar surface area (TPSA) is 38.3 Å². The predicted octanol–water partition coefficient (Wildman–Crippen LogP) is 4.24. The summed E-state index contributed by atoms with van der Waals surface area (Å²) < 4.78 is 18.5. The lowest BCUT2D eigenvalue weighted by atomic mass is 10.1. The Morgan fingerprint density at radius 1 is 1.18 bits per heavy atom. The fourth-order valence-electron chi connectivity index (χ4n) is 2.08. The highest BCUT2D eigenvalue weighted by Gasteiger charge is 2.19. The van der Waals surface area contributed by atoms with Gasteiger partial charge in [-0.25, -0.2) is 4.39 Å². The summed E-state index contributed by atoms with van der Waals surface area (Å²) in [4.78, 5) is 12.4. The van der Waals surface area contributed by atoms with Crippen molar-refractivity contribution >= 4 is 11.6 Å². The zero-order valence-corrected chi connectivity index (χ0v) is 13.0. The van der Waals surface area contributed by atoms with Crippen LogP contribution in [0.4, 0.5) is 10.1 Å². The monoisotopic (exact) mass is 301 g/mol. The van der Waals surface area contributed by atoms with E-state index in [1.807, 2.05) is 39.0 Å². The van der Waals surface area contributed by atoms with Gasteiger partial charge in [-0.3, -0.25) is 4.79 Å². The first-order valence-corrected chi connectivity index (χ1v) is 7.30. The van der Waals surface area contributed by atoms with Crippen LogP contribution in [0.15, 0.2) is 42.5 Å². The number of rotatable bonds is 5. The van der Waals surface area contributed by atoms with Gasteiger partial charge >= 0.3 is 0 Å². The molecule has 0 unspecified atom stereocenters. The summed E-state index contributed by atoms with van der Waals surface area (Å²) in [6, 6.07) is 11.5. The number of amides is 1. The van der Waals surface area contributed by atoms with Gasteiger partial charge in [-0.1, -0.05) is 19.1 Å². The number of hydrogen-bond acceptors (Lipinski definition) is 2. The lowest BCUT2D eigenvalue weighted by molar-refractivity contribution is -0.122. The van der Waals surface area contributed by atoms with Crippen molar-refractivity contribution in [3.05, 3.63) is 59.4 Å². The second kappa shape index (κ2) is 7.07. The number of benzene rings is 2. The van der Waals surface area contributed by atoms with E-state index >= 15 is 0 Å². The lowest BCUT2D eigenvalue weighted by Crippen LogP contribution is -2.32. The van der Waals surface area contributed by atoms with Gasteiger partial charge in [-0.05, 0) is 61.7 Å². The van der Waals surface area contributed by atoms with E-state index in [1.165, 1.54) is 24.3 Å². The molecule has 116 valence electrons. The van der Waals surface area contributed by atoms with Gasteiger partial charge in [-0.15, -0.1) is 0 Å². The van der Waals surface area contributed by atoms with Crippen LogP contribution in [0.2, 0.25) is 0 Å². The van der Waals surface area contributed by atoms with Gasteiger partial charge in [0.2, 0.25) is 0 Å². The van der Waals surface area contributed by atoms with Crippen LogP contribution < -0.4 is 10.1 Å². The Morgan fingerprint density at radius 3 is 2.50 bits per heavy atom. The van der Waals surface area contributed by atoms with Crippen LogP contribution in [0.1, 0.15) is 24.5 Å². The number of nitrogens with one attached hydrogen (secondary N) is 1. The van der Waals surface area contributed by atoms with Gasteiger partial charge in [0.05, 0.1) is 0 Å². The number of carbonyl (C=O) groups excluding carboxylic acids is 1. The minimum Gasteiger partial charge on any atom is -0.481 e. The Hall–Kier alpha value is -2.36. The Morgan fingerprint density at radius 2 is 1.86 bits per heavy atom. The quantitative estimate of drug-likeness (QED) is 0.897. The third kappa shape index (κ3) is 4.07. The molecule has 0 spiro atoms. The Bertz CT molecular complexity index is 653. The molecule has 0 radical (unpaired) electrons. The SMILES string of the molecule is CC[C@H](Oc1ccc(F)cc1)C(=O)Nc1cc(C)ccc1C. The highest BCUT2D eigenvalue weighted by Crippen LogP contribution is 2.19. The predicted molar refractivity (Wildman–Crippen MR) is 85.7 cm³/mol. The van der Waals surface area contributed by atoms with Crippen LogP contribution in [0.3, 0.4) is 0 Å². The lowest BCUT2D eigenvalue weighted by Gasteiger charge is -2.18. The van der Waals surface area contributed by atoms with Crippen molar-refractivity contribution in [2.75, 3.05) is 5.32 Å². The van der Waals surface area contributed by atoms with Crippen molar-refractivity contribution in [1.29, 1.82) is 0 Å². The molecule has 4 heteroatoms. The van der Waals surface area contributed by atoms with Gasteiger partial charge in [0.1, 0.15) is 11.6 Å². The van der Waals surface area contributed by atoms with Crippen LogP contribution in [0, 0.1) is 19.7 Å². The Kier molecular flexibility index (Phi) is 5.15. The van der Waals surface area contributed by atoms with E-state index in [0.717, 1.165) is 16.8 Å². The minimum atomic E-state index is -0.620. The highest BCUT2D eigenvalue weighted by atomic mass is 19.1. The van der Waals surface area contributed by atoms with Crippen molar-refractivity contribution < 1.29 is 13.9 Å². The first-order valence-electron chi connectivity index (χ1n) is 7.30. The van der Waals surface area contributed by atoms with Gasteiger partial charge < -0.3 is 10.1 Å². The number of halogens is 1. The molecule has 1 amide bonds. The Labute approximate surface area is 130 Å². The molecule has 1 atom stereocenters. The molecule has 2 aromatic carbocycles. The summed E-state index contributed by atoms with van der Waals surface area (Å²) in [5, 5.41) is 2.90. The standard InChI is InChI=1S/C18H20FNO2/c1-4-17(22-15-9-7-14(19)8-10-15)18(21)20-16-11-12(2)5-6-13(16)3/h5-11,17H,4H2,1-3H3,(H,20,21)/t17-/m0/s1. The molecule has 0 saturated heterocycles. The third-order valence-corrected chi connectivity index (χ3v) is 3.41. The molecule has 2 rings (SSSR count). The second-order valence-corrected chi connectivity index (χ2v) is 5.28. The third-order valence-electron chi connectivity index (χ3n) is 3.41. The van der Waals surface area contributed by atoms with Crippen LogP contribution >= 0.6 is 0 Å². The molecule has 0 aliphatic heterocycles. The molecular weight excluding hydrogens is 281 g/mol. The molecule has 0 saturated carbocycles. The number of hydrogen-bond donors (Lipinski definition) is 1. The minimum absolute atomic E-state index is 0.208. The van der Waals surface area contributed by atoms with Crippen molar-refractivity contribution in [2.45, 2.75) is 33.3 Å². The average molecular weight is 301 g/mol. The zero-order valence-electron chi connectivity index (χ0n) is 13.0. The number of anilines is 1. The van der Waals surface area contributed by atoms with Gasteiger partial charge in [0.15, 0.2) is 6.10 Å². The van der Waals surface area contributed by atoms with E-state index in [1.54, 1.807) is 0 Å². The largest absolute Gasteiger partial charge is 0.481 e. The first kappa shape index (κ1) is 16.0. The molecule has 0 heterocycles. The van der Waals surface area contributed by atoms with Crippen molar-refractivity contribution in [3.8, 4) is 5.75 Å². The molecule has 0 fully saturated rings. The van der Waals surface area contributed by atoms with Gasteiger partial charge in [-0.2, -0.15) is 0 Å². The van der Waals surface area contributed by atoms with E-state index in [4.69, 9.17) is 4.74 Å². The molecule has 3 nitrogen and oxygen atoms in total. The van der Waals surface area contributed by atoms with E-state index in [0.29, 0.717) is 12.2 Å². The Balaban J connectivity index is 2.08. The number of aryl methyl sites for hydroxylation is 2. The molecule has 2 aromatic rings. The molecule has 22 heavy (non-hydrogen) atoms. The molecule has 0 aromatic heterocycles. The van der Waals surface area contributed by atoms with E-state index in [-0.39, 0.29) is 11.7 Å². The van der Waals surface area contributed by atoms with Crippen LogP contribution in [-0.4, -0.2) is 12.0 Å². The van der Waals surface area contributed by atoms with E-state index in [2.05, 4.69) is 5.32 Å². The first-order chi connectivity index (χ1) is 10.5.